The van der Waals surface area contributed by atoms with Gasteiger partial charge < -0.3 is 15.2 Å². The minimum atomic E-state index is -5.93. The van der Waals surface area contributed by atoms with Crippen LogP contribution in [0.3, 0.4) is 0 Å². The molecule has 0 fully saturated rings. The topological polar surface area (TPSA) is 44.5 Å². The molecule has 0 unspecified atom stereocenters. The SMILES string of the molecule is COc1cc(OC(F)(F)F)ccc1[C@H](N)C(F)(F)C(F)(F)F. The summed E-state index contributed by atoms with van der Waals surface area (Å²) in [6.45, 7) is 0. The molecule has 126 valence electrons. The van der Waals surface area contributed by atoms with Crippen LogP contribution in [0.15, 0.2) is 18.2 Å². The van der Waals surface area contributed by atoms with Gasteiger partial charge >= 0.3 is 18.5 Å². The van der Waals surface area contributed by atoms with E-state index in [0.29, 0.717) is 18.2 Å². The molecule has 2 N–H and O–H groups in total. The van der Waals surface area contributed by atoms with Crippen LogP contribution in [0, 0.1) is 0 Å². The Labute approximate surface area is 118 Å². The first-order chi connectivity index (χ1) is 9.79. The van der Waals surface area contributed by atoms with E-state index in [4.69, 9.17) is 5.73 Å². The standard InChI is InChI=1S/C11H9F8NO2/c1-21-7-4-5(22-11(17,18)19)2-3-6(7)8(20)9(12,13)10(14,15)16/h2-4,8H,20H2,1H3/t8-/m0/s1. The minimum Gasteiger partial charge on any atom is -0.496 e. The highest BCUT2D eigenvalue weighted by atomic mass is 19.4. The first kappa shape index (κ1) is 18.3. The highest BCUT2D eigenvalue weighted by Gasteiger charge is 2.62. The van der Waals surface area contributed by atoms with Gasteiger partial charge in [0.1, 0.15) is 17.5 Å². The molecule has 1 atom stereocenters. The van der Waals surface area contributed by atoms with E-state index in [1.807, 2.05) is 0 Å². The van der Waals surface area contributed by atoms with Gasteiger partial charge in [0.2, 0.25) is 0 Å². The maximum Gasteiger partial charge on any atom is 0.573 e. The summed E-state index contributed by atoms with van der Waals surface area (Å²) < 4.78 is 107. The van der Waals surface area contributed by atoms with E-state index in [0.717, 1.165) is 7.11 Å². The zero-order valence-corrected chi connectivity index (χ0v) is 10.7. The van der Waals surface area contributed by atoms with Gasteiger partial charge in [-0.05, 0) is 12.1 Å². The van der Waals surface area contributed by atoms with Crippen LogP contribution in [0.2, 0.25) is 0 Å². The van der Waals surface area contributed by atoms with Crippen LogP contribution in [0.25, 0.3) is 0 Å². The van der Waals surface area contributed by atoms with E-state index in [1.54, 1.807) is 0 Å². The van der Waals surface area contributed by atoms with Gasteiger partial charge in [0.25, 0.3) is 0 Å². The molecule has 0 radical (unpaired) electrons. The Morgan fingerprint density at radius 3 is 1.95 bits per heavy atom. The summed E-state index contributed by atoms with van der Waals surface area (Å²) in [6, 6.07) is -1.25. The van der Waals surface area contributed by atoms with Gasteiger partial charge in [-0.1, -0.05) is 0 Å². The first-order valence-corrected chi connectivity index (χ1v) is 5.43. The van der Waals surface area contributed by atoms with E-state index in [9.17, 15) is 35.1 Å². The lowest BCUT2D eigenvalue weighted by Crippen LogP contribution is -2.45. The lowest BCUT2D eigenvalue weighted by atomic mass is 9.99. The molecular weight excluding hydrogens is 330 g/mol. The van der Waals surface area contributed by atoms with Crippen molar-refractivity contribution in [3.8, 4) is 11.5 Å². The fourth-order valence-electron chi connectivity index (χ4n) is 1.52. The molecule has 0 aliphatic rings. The molecule has 3 nitrogen and oxygen atoms in total. The average Bonchev–Trinajstić information content (AvgIpc) is 2.34. The van der Waals surface area contributed by atoms with Gasteiger partial charge in [0.05, 0.1) is 7.11 Å². The number of alkyl halides is 8. The maximum atomic E-state index is 13.2. The predicted molar refractivity (Wildman–Crippen MR) is 57.6 cm³/mol. The van der Waals surface area contributed by atoms with Crippen molar-refractivity contribution in [3.05, 3.63) is 23.8 Å². The van der Waals surface area contributed by atoms with E-state index in [-0.39, 0.29) is 0 Å². The highest BCUT2D eigenvalue weighted by molar-refractivity contribution is 5.43. The van der Waals surface area contributed by atoms with Crippen LogP contribution in [-0.2, 0) is 0 Å². The first-order valence-electron chi connectivity index (χ1n) is 5.43. The monoisotopic (exact) mass is 339 g/mol. The quantitative estimate of drug-likeness (QED) is 0.849. The van der Waals surface area contributed by atoms with Gasteiger partial charge in [-0.3, -0.25) is 0 Å². The molecule has 0 spiro atoms. The van der Waals surface area contributed by atoms with Crippen molar-refractivity contribution < 1.29 is 44.6 Å². The molecule has 1 aromatic rings. The van der Waals surface area contributed by atoms with Crippen LogP contribution < -0.4 is 15.2 Å². The molecule has 0 aromatic heterocycles. The van der Waals surface area contributed by atoms with Gasteiger partial charge in [0.15, 0.2) is 0 Å². The molecule has 0 bridgehead atoms. The second-order valence-electron chi connectivity index (χ2n) is 4.05. The molecule has 0 aliphatic heterocycles. The Kier molecular flexibility index (Phi) is 4.80. The fraction of sp³-hybridized carbons (Fsp3) is 0.455. The van der Waals surface area contributed by atoms with Crippen LogP contribution in [0.1, 0.15) is 11.6 Å². The molecule has 22 heavy (non-hydrogen) atoms. The number of benzene rings is 1. The van der Waals surface area contributed by atoms with Crippen molar-refractivity contribution in [2.75, 3.05) is 7.11 Å². The second kappa shape index (κ2) is 5.78. The van der Waals surface area contributed by atoms with Crippen molar-refractivity contribution in [2.24, 2.45) is 5.73 Å². The van der Waals surface area contributed by atoms with Gasteiger partial charge in [-0.15, -0.1) is 13.2 Å². The summed E-state index contributed by atoms with van der Waals surface area (Å²) in [6.07, 6.45) is -11.0. The molecule has 0 aliphatic carbocycles. The van der Waals surface area contributed by atoms with E-state index < -0.39 is 41.6 Å². The molecular formula is C11H9F8NO2. The smallest absolute Gasteiger partial charge is 0.496 e. The van der Waals surface area contributed by atoms with Crippen molar-refractivity contribution in [1.82, 2.24) is 0 Å². The number of ether oxygens (including phenoxy) is 2. The zero-order chi connectivity index (χ0) is 17.3. The molecule has 11 heteroatoms. The number of rotatable bonds is 4. The van der Waals surface area contributed by atoms with Gasteiger partial charge in [-0.25, -0.2) is 0 Å². The fourth-order valence-corrected chi connectivity index (χ4v) is 1.52. The number of hydrogen-bond donors (Lipinski definition) is 1. The minimum absolute atomic E-state index is 0.509. The summed E-state index contributed by atoms with van der Waals surface area (Å²) in [7, 11) is 0.870. The zero-order valence-electron chi connectivity index (χ0n) is 10.7. The van der Waals surface area contributed by atoms with Gasteiger partial charge in [-0.2, -0.15) is 22.0 Å². The lowest BCUT2D eigenvalue weighted by molar-refractivity contribution is -0.291. The Morgan fingerprint density at radius 1 is 1.00 bits per heavy atom. The van der Waals surface area contributed by atoms with Crippen molar-refractivity contribution in [3.63, 3.8) is 0 Å². The lowest BCUT2D eigenvalue weighted by Gasteiger charge is -2.27. The van der Waals surface area contributed by atoms with Crippen LogP contribution in [0.4, 0.5) is 35.1 Å². The number of nitrogens with two attached hydrogens (primary N) is 1. The van der Waals surface area contributed by atoms with E-state index >= 15 is 0 Å². The molecule has 1 rings (SSSR count). The van der Waals surface area contributed by atoms with Crippen molar-refractivity contribution >= 4 is 0 Å². The second-order valence-corrected chi connectivity index (χ2v) is 4.05. The maximum absolute atomic E-state index is 13.2. The van der Waals surface area contributed by atoms with E-state index in [2.05, 4.69) is 9.47 Å². The molecule has 0 saturated carbocycles. The van der Waals surface area contributed by atoms with Crippen molar-refractivity contribution in [1.29, 1.82) is 0 Å². The number of hydrogen-bond acceptors (Lipinski definition) is 3. The summed E-state index contributed by atoms with van der Waals surface area (Å²) >= 11 is 0. The molecule has 0 saturated heterocycles. The molecule has 0 heterocycles. The van der Waals surface area contributed by atoms with E-state index in [1.165, 1.54) is 0 Å². The summed E-state index contributed by atoms with van der Waals surface area (Å²) in [5.74, 6) is -6.85. The Balaban J connectivity index is 3.21. The summed E-state index contributed by atoms with van der Waals surface area (Å²) in [5.41, 5.74) is 4.08. The van der Waals surface area contributed by atoms with Gasteiger partial charge in [0, 0.05) is 11.6 Å². The Hall–Kier alpha value is -1.78. The molecule has 0 amide bonds. The Morgan fingerprint density at radius 2 is 1.55 bits per heavy atom. The molecule has 1 aromatic carbocycles. The summed E-state index contributed by atoms with van der Waals surface area (Å²) in [5, 5.41) is 0. The van der Waals surface area contributed by atoms with Crippen molar-refractivity contribution in [2.45, 2.75) is 24.5 Å². The number of methoxy groups -OCH3 is 1. The average molecular weight is 339 g/mol. The van der Waals surface area contributed by atoms with Crippen LogP contribution in [-0.4, -0.2) is 25.6 Å². The third kappa shape index (κ3) is 3.90. The third-order valence-electron chi connectivity index (χ3n) is 2.54. The predicted octanol–water partition coefficient (Wildman–Crippen LogP) is 3.79. The van der Waals surface area contributed by atoms with Crippen LogP contribution >= 0.6 is 0 Å². The summed E-state index contributed by atoms with van der Waals surface area (Å²) in [4.78, 5) is 0. The Bertz CT molecular complexity index is 526. The number of halogens is 8. The van der Waals surface area contributed by atoms with Crippen LogP contribution in [0.5, 0.6) is 11.5 Å². The highest BCUT2D eigenvalue weighted by Crippen LogP contribution is 2.45. The largest absolute Gasteiger partial charge is 0.573 e. The third-order valence-corrected chi connectivity index (χ3v) is 2.54. The normalized spacial score (nSPS) is 14.6.